The molecular formula is C29H25F4N3O4S. The molecule has 1 N–H and O–H groups in total. The van der Waals surface area contributed by atoms with E-state index in [1.807, 2.05) is 30.3 Å². The van der Waals surface area contributed by atoms with E-state index in [4.69, 9.17) is 14.5 Å². The number of ether oxygens (including phenoxy) is 2. The maximum atomic E-state index is 14.7. The van der Waals surface area contributed by atoms with Gasteiger partial charge in [0.05, 0.1) is 41.0 Å². The summed E-state index contributed by atoms with van der Waals surface area (Å²) in [5.41, 5.74) is 1.78. The van der Waals surface area contributed by atoms with Crippen LogP contribution in [0.4, 0.5) is 17.6 Å². The molecule has 1 aliphatic carbocycles. The van der Waals surface area contributed by atoms with Gasteiger partial charge in [-0.3, -0.25) is 9.51 Å². The number of aromatic nitrogens is 3. The normalized spacial score (nSPS) is 15.6. The molecule has 2 heterocycles. The molecule has 4 aromatic rings. The maximum absolute atomic E-state index is 14.7. The lowest BCUT2D eigenvalue weighted by Gasteiger charge is -2.17. The van der Waals surface area contributed by atoms with Crippen molar-refractivity contribution in [3.63, 3.8) is 0 Å². The second kappa shape index (κ2) is 12.8. The van der Waals surface area contributed by atoms with Gasteiger partial charge < -0.3 is 9.47 Å². The number of aromatic amines is 1. The summed E-state index contributed by atoms with van der Waals surface area (Å²) in [6, 6.07) is 14.7. The van der Waals surface area contributed by atoms with Crippen LogP contribution in [0.15, 0.2) is 81.9 Å². The maximum Gasteiger partial charge on any atom is 0.439 e. The summed E-state index contributed by atoms with van der Waals surface area (Å²) in [5, 5.41) is 4.09. The number of H-pyrrole nitrogens is 1. The van der Waals surface area contributed by atoms with Crippen LogP contribution in [-0.4, -0.2) is 27.8 Å². The van der Waals surface area contributed by atoms with E-state index in [2.05, 4.69) is 14.7 Å². The highest BCUT2D eigenvalue weighted by Crippen LogP contribution is 2.34. The van der Waals surface area contributed by atoms with Crippen molar-refractivity contribution in [3.05, 3.63) is 111 Å². The molecule has 1 aliphatic rings. The number of hydrogen-bond donors (Lipinski definition) is 1. The Balaban J connectivity index is 1.25. The number of rotatable bonds is 11. The van der Waals surface area contributed by atoms with Crippen LogP contribution < -0.4 is 5.76 Å². The molecule has 0 fully saturated rings. The number of aryl methyl sites for hydroxylation is 1. The molecule has 0 bridgehead atoms. The van der Waals surface area contributed by atoms with Crippen LogP contribution in [-0.2, 0) is 35.3 Å². The van der Waals surface area contributed by atoms with Gasteiger partial charge in [-0.1, -0.05) is 53.7 Å². The highest BCUT2D eigenvalue weighted by molar-refractivity contribution is 7.15. The molecule has 0 saturated heterocycles. The van der Waals surface area contributed by atoms with E-state index in [-0.39, 0.29) is 18.0 Å². The van der Waals surface area contributed by atoms with Gasteiger partial charge in [0.1, 0.15) is 10.8 Å². The van der Waals surface area contributed by atoms with Crippen LogP contribution in [0.25, 0.3) is 16.1 Å². The molecule has 0 spiro atoms. The van der Waals surface area contributed by atoms with Gasteiger partial charge in [0.25, 0.3) is 0 Å². The monoisotopic (exact) mass is 587 g/mol. The summed E-state index contributed by atoms with van der Waals surface area (Å²) < 4.78 is 70.0. The fourth-order valence-electron chi connectivity index (χ4n) is 4.23. The number of thiazole rings is 1. The average molecular weight is 588 g/mol. The van der Waals surface area contributed by atoms with Crippen molar-refractivity contribution >= 4 is 16.9 Å². The predicted octanol–water partition coefficient (Wildman–Crippen LogP) is 6.88. The van der Waals surface area contributed by atoms with E-state index in [0.717, 1.165) is 28.3 Å². The van der Waals surface area contributed by atoms with Crippen molar-refractivity contribution in [1.29, 1.82) is 0 Å². The van der Waals surface area contributed by atoms with Gasteiger partial charge >= 0.3 is 11.9 Å². The number of hydrogen-bond acceptors (Lipinski definition) is 7. The number of alkyl halides is 3. The Bertz CT molecular complexity index is 1570. The van der Waals surface area contributed by atoms with Crippen LogP contribution in [0, 0.1) is 0 Å². The quantitative estimate of drug-likeness (QED) is 0.152. The minimum atomic E-state index is -4.43. The number of allylic oxidation sites excluding steroid dienone is 2. The van der Waals surface area contributed by atoms with Crippen molar-refractivity contribution in [2.24, 2.45) is 0 Å². The van der Waals surface area contributed by atoms with Gasteiger partial charge in [-0.15, -0.1) is 11.3 Å². The highest BCUT2D eigenvalue weighted by atomic mass is 32.1. The molecule has 1 unspecified atom stereocenters. The Morgan fingerprint density at radius 1 is 1.07 bits per heavy atom. The molecule has 5 rings (SSSR count). The average Bonchev–Trinajstić information content (AvgIpc) is 3.58. The summed E-state index contributed by atoms with van der Waals surface area (Å²) in [6.07, 6.45) is -0.540. The van der Waals surface area contributed by atoms with E-state index >= 15 is 0 Å². The van der Waals surface area contributed by atoms with Gasteiger partial charge in [0, 0.05) is 12.2 Å². The molecule has 214 valence electrons. The standard InChI is InChI=1S/C29H25F4N3O4S/c30-23-15-21(12-13-22(23)26-35-28(37)40-36-26)39-17-25-24(7-4-14-38-16-18-5-2-1-3-6-18)34-27(41-25)19-8-10-20(11-9-19)29(31,32)33/h1-3,5-6,8-11,13,15,21H,4,7,12,14,16-17H2,(H,35,36,37). The minimum Gasteiger partial charge on any atom is -0.377 e. The second-order valence-corrected chi connectivity index (χ2v) is 10.4. The molecule has 0 amide bonds. The minimum absolute atomic E-state index is 0.00242. The first kappa shape index (κ1) is 28.7. The lowest BCUT2D eigenvalue weighted by molar-refractivity contribution is -0.137. The number of benzene rings is 2. The zero-order valence-corrected chi connectivity index (χ0v) is 22.4. The molecule has 12 heteroatoms. The summed E-state index contributed by atoms with van der Waals surface area (Å²) in [6.45, 7) is 1.12. The van der Waals surface area contributed by atoms with E-state index in [9.17, 15) is 22.4 Å². The van der Waals surface area contributed by atoms with Gasteiger partial charge in [0.15, 0.2) is 5.82 Å². The first-order valence-corrected chi connectivity index (χ1v) is 13.6. The Morgan fingerprint density at radius 3 is 2.54 bits per heavy atom. The van der Waals surface area contributed by atoms with E-state index in [1.165, 1.54) is 29.5 Å². The first-order valence-electron chi connectivity index (χ1n) is 12.8. The third kappa shape index (κ3) is 7.46. The Hall–Kier alpha value is -3.87. The van der Waals surface area contributed by atoms with Crippen molar-refractivity contribution in [2.75, 3.05) is 6.61 Å². The van der Waals surface area contributed by atoms with Crippen molar-refractivity contribution in [2.45, 2.75) is 44.8 Å². The molecule has 2 aromatic heterocycles. The van der Waals surface area contributed by atoms with E-state index < -0.39 is 29.4 Å². The summed E-state index contributed by atoms with van der Waals surface area (Å²) in [5.74, 6) is -1.38. The van der Waals surface area contributed by atoms with Crippen LogP contribution in [0.2, 0.25) is 0 Å². The summed E-state index contributed by atoms with van der Waals surface area (Å²) in [4.78, 5) is 19.0. The predicted molar refractivity (Wildman–Crippen MR) is 144 cm³/mol. The largest absolute Gasteiger partial charge is 0.439 e. The zero-order valence-electron chi connectivity index (χ0n) is 21.6. The Kier molecular flexibility index (Phi) is 8.91. The first-order chi connectivity index (χ1) is 19.8. The fraction of sp³-hybridized carbons (Fsp3) is 0.276. The van der Waals surface area contributed by atoms with Crippen molar-refractivity contribution in [1.82, 2.24) is 15.1 Å². The van der Waals surface area contributed by atoms with Crippen LogP contribution in [0.5, 0.6) is 0 Å². The highest BCUT2D eigenvalue weighted by Gasteiger charge is 2.30. The van der Waals surface area contributed by atoms with Crippen molar-refractivity contribution < 1.29 is 31.6 Å². The second-order valence-electron chi connectivity index (χ2n) is 9.27. The Morgan fingerprint density at radius 2 is 1.85 bits per heavy atom. The topological polar surface area (TPSA) is 90.2 Å². The molecule has 1 atom stereocenters. The van der Waals surface area contributed by atoms with Gasteiger partial charge in [-0.05, 0) is 43.0 Å². The lowest BCUT2D eigenvalue weighted by atomic mass is 10.0. The molecule has 2 aromatic carbocycles. The fourth-order valence-corrected chi connectivity index (χ4v) is 5.27. The van der Waals surface area contributed by atoms with Crippen molar-refractivity contribution in [3.8, 4) is 10.6 Å². The van der Waals surface area contributed by atoms with Gasteiger partial charge in [-0.2, -0.15) is 13.2 Å². The molecule has 7 nitrogen and oxygen atoms in total. The Labute approximate surface area is 236 Å². The van der Waals surface area contributed by atoms with E-state index in [1.54, 1.807) is 6.08 Å². The third-order valence-corrected chi connectivity index (χ3v) is 7.44. The molecule has 41 heavy (non-hydrogen) atoms. The summed E-state index contributed by atoms with van der Waals surface area (Å²) in [7, 11) is 0. The van der Waals surface area contributed by atoms with Crippen LogP contribution in [0.3, 0.4) is 0 Å². The number of halogens is 4. The van der Waals surface area contributed by atoms with Gasteiger partial charge in [0.2, 0.25) is 0 Å². The molecule has 0 aliphatic heterocycles. The van der Waals surface area contributed by atoms with Crippen LogP contribution in [0.1, 0.15) is 40.4 Å². The summed E-state index contributed by atoms with van der Waals surface area (Å²) >= 11 is 1.33. The molecule has 0 saturated carbocycles. The lowest BCUT2D eigenvalue weighted by Crippen LogP contribution is -2.13. The zero-order chi connectivity index (χ0) is 28.8. The van der Waals surface area contributed by atoms with Gasteiger partial charge in [-0.25, -0.2) is 14.2 Å². The smallest absolute Gasteiger partial charge is 0.377 e. The molecule has 0 radical (unpaired) electrons. The van der Waals surface area contributed by atoms with E-state index in [0.29, 0.717) is 43.0 Å². The van der Waals surface area contributed by atoms with Crippen LogP contribution >= 0.6 is 11.3 Å². The molecular weight excluding hydrogens is 562 g/mol. The number of nitrogens with one attached hydrogen (secondary N) is 1. The SMILES string of the molecule is O=c1[nH]c(C2=CCC(OCc3sc(-c4ccc(C(F)(F)F)cc4)nc3CCCOCc3ccccc3)C=C2F)no1. The third-order valence-electron chi connectivity index (χ3n) is 6.32. The number of nitrogens with zero attached hydrogens (tertiary/aromatic N) is 2.